The van der Waals surface area contributed by atoms with Crippen molar-refractivity contribution in [2.24, 2.45) is 5.92 Å². The lowest BCUT2D eigenvalue weighted by atomic mass is 9.87. The highest BCUT2D eigenvalue weighted by Crippen LogP contribution is 2.40. The third-order valence-electron chi connectivity index (χ3n) is 7.35. The number of nitrogens with one attached hydrogen (secondary N) is 1. The number of alkyl halides is 4. The van der Waals surface area contributed by atoms with Crippen LogP contribution >= 0.6 is 0 Å². The monoisotopic (exact) mass is 516 g/mol. The van der Waals surface area contributed by atoms with Crippen molar-refractivity contribution in [3.8, 4) is 0 Å². The summed E-state index contributed by atoms with van der Waals surface area (Å²) >= 11 is 0. The number of carbonyl (C=O) groups is 2. The minimum absolute atomic E-state index is 0.110. The van der Waals surface area contributed by atoms with Crippen LogP contribution in [0.25, 0.3) is 10.9 Å². The van der Waals surface area contributed by atoms with Crippen LogP contribution in [-0.2, 0) is 16.1 Å². The quantitative estimate of drug-likeness (QED) is 0.442. The van der Waals surface area contributed by atoms with Gasteiger partial charge in [-0.25, -0.2) is 8.78 Å². The number of amides is 2. The number of hydrogen-bond donors (Lipinski definition) is 1. The minimum atomic E-state index is -3.57. The Morgan fingerprint density at radius 1 is 1.14 bits per heavy atom. The van der Waals surface area contributed by atoms with Gasteiger partial charge in [0.1, 0.15) is 0 Å². The Morgan fingerprint density at radius 2 is 1.84 bits per heavy atom. The second-order valence-corrected chi connectivity index (χ2v) is 10.2. The molecular formula is C27H28F4N4O2. The molecule has 37 heavy (non-hydrogen) atoms. The maximum absolute atomic E-state index is 13.6. The second-order valence-electron chi connectivity index (χ2n) is 10.2. The third kappa shape index (κ3) is 5.19. The second kappa shape index (κ2) is 9.46. The highest BCUT2D eigenvalue weighted by Gasteiger charge is 2.45. The van der Waals surface area contributed by atoms with Crippen LogP contribution in [0.3, 0.4) is 0 Å². The predicted molar refractivity (Wildman–Crippen MR) is 130 cm³/mol. The molecule has 2 amide bonds. The van der Waals surface area contributed by atoms with Gasteiger partial charge in [-0.05, 0) is 42.5 Å². The van der Waals surface area contributed by atoms with Gasteiger partial charge in [-0.2, -0.15) is 13.9 Å². The summed E-state index contributed by atoms with van der Waals surface area (Å²) in [5, 5.41) is 7.59. The van der Waals surface area contributed by atoms with E-state index in [0.29, 0.717) is 37.6 Å². The first-order chi connectivity index (χ1) is 17.5. The molecule has 0 radical (unpaired) electrons. The lowest BCUT2D eigenvalue weighted by Gasteiger charge is -2.30. The zero-order chi connectivity index (χ0) is 26.4. The summed E-state index contributed by atoms with van der Waals surface area (Å²) in [5.41, 5.74) is 2.09. The lowest BCUT2D eigenvalue weighted by Crippen LogP contribution is -2.46. The molecule has 1 saturated carbocycles. The number of nitrogens with zero attached hydrogens (tertiary/aromatic N) is 3. The molecular weight excluding hydrogens is 488 g/mol. The van der Waals surface area contributed by atoms with Crippen molar-refractivity contribution in [1.29, 1.82) is 0 Å². The number of fused-ring (bicyclic) bond motifs is 1. The molecule has 0 bridgehead atoms. The van der Waals surface area contributed by atoms with E-state index in [1.165, 1.54) is 4.90 Å². The smallest absolute Gasteiger partial charge is 0.321 e. The van der Waals surface area contributed by atoms with Gasteiger partial charge in [0.05, 0.1) is 23.8 Å². The van der Waals surface area contributed by atoms with Crippen LogP contribution in [0.4, 0.5) is 23.2 Å². The molecule has 0 spiro atoms. The molecule has 2 fully saturated rings. The summed E-state index contributed by atoms with van der Waals surface area (Å²) in [4.78, 5) is 26.8. The number of aromatic nitrogens is 2. The predicted octanol–water partition coefficient (Wildman–Crippen LogP) is 5.48. The summed E-state index contributed by atoms with van der Waals surface area (Å²) in [6, 6.07) is 12.9. The van der Waals surface area contributed by atoms with Crippen LogP contribution in [-0.4, -0.2) is 39.5 Å². The van der Waals surface area contributed by atoms with Gasteiger partial charge in [0.2, 0.25) is 11.8 Å². The zero-order valence-corrected chi connectivity index (χ0v) is 20.3. The molecule has 1 aromatic heterocycles. The first-order valence-corrected chi connectivity index (χ1v) is 12.4. The molecule has 2 unspecified atom stereocenters. The van der Waals surface area contributed by atoms with Crippen molar-refractivity contribution in [2.75, 3.05) is 4.90 Å². The van der Waals surface area contributed by atoms with Crippen LogP contribution in [0.2, 0.25) is 0 Å². The van der Waals surface area contributed by atoms with Gasteiger partial charge in [0.15, 0.2) is 0 Å². The van der Waals surface area contributed by atoms with Crippen LogP contribution in [0, 0.1) is 5.92 Å². The highest BCUT2D eigenvalue weighted by atomic mass is 19.3. The number of rotatable bonds is 6. The molecule has 196 valence electrons. The van der Waals surface area contributed by atoms with Crippen LogP contribution in [0.5, 0.6) is 0 Å². The molecule has 1 saturated heterocycles. The normalized spacial score (nSPS) is 22.5. The van der Waals surface area contributed by atoms with Crippen LogP contribution in [0.15, 0.2) is 54.7 Å². The van der Waals surface area contributed by atoms with E-state index in [2.05, 4.69) is 10.4 Å². The topological polar surface area (TPSA) is 67.2 Å². The fourth-order valence-corrected chi connectivity index (χ4v) is 5.39. The molecule has 1 N–H and O–H groups in total. The van der Waals surface area contributed by atoms with Crippen molar-refractivity contribution in [3.63, 3.8) is 0 Å². The van der Waals surface area contributed by atoms with E-state index < -0.39 is 29.8 Å². The standard InChI is InChI=1S/C27H28F4N4O2/c1-26(28,29)25(37)33-21-14-23(36)35(24(21)18-5-3-2-4-6-18)20-7-8-22-19(13-20)15-32-34(22)16-17-9-11-27(30,31)12-10-17/h2-8,13,15,17,21,24H,9-12,14,16H2,1H3,(H,33,37). The number of carbonyl (C=O) groups excluding carboxylic acids is 2. The van der Waals surface area contributed by atoms with Crippen LogP contribution < -0.4 is 10.2 Å². The fourth-order valence-electron chi connectivity index (χ4n) is 5.39. The van der Waals surface area contributed by atoms with Gasteiger partial charge in [-0.1, -0.05) is 30.3 Å². The van der Waals surface area contributed by atoms with Gasteiger partial charge >= 0.3 is 5.92 Å². The summed E-state index contributed by atoms with van der Waals surface area (Å²) < 4.78 is 56.1. The maximum atomic E-state index is 13.6. The Balaban J connectivity index is 1.42. The molecule has 3 aromatic rings. The Bertz CT molecular complexity index is 1290. The molecule has 1 aliphatic heterocycles. The summed E-state index contributed by atoms with van der Waals surface area (Å²) in [5.74, 6) is -7.76. The zero-order valence-electron chi connectivity index (χ0n) is 20.3. The van der Waals surface area contributed by atoms with E-state index in [9.17, 15) is 27.2 Å². The molecule has 10 heteroatoms. The maximum Gasteiger partial charge on any atom is 0.321 e. The van der Waals surface area contributed by atoms with E-state index in [1.807, 2.05) is 12.1 Å². The molecule has 1 aliphatic carbocycles. The minimum Gasteiger partial charge on any atom is -0.345 e. The fraction of sp³-hybridized carbons (Fsp3) is 0.444. The van der Waals surface area contributed by atoms with E-state index in [4.69, 9.17) is 0 Å². The molecule has 2 heterocycles. The molecule has 2 aliphatic rings. The average Bonchev–Trinajstić information content (AvgIpc) is 3.40. The Hall–Kier alpha value is -3.43. The van der Waals surface area contributed by atoms with Crippen molar-refractivity contribution in [1.82, 2.24) is 15.1 Å². The molecule has 6 nitrogen and oxygen atoms in total. The van der Waals surface area contributed by atoms with Gasteiger partial charge < -0.3 is 10.2 Å². The van der Waals surface area contributed by atoms with Crippen molar-refractivity contribution in [3.05, 3.63) is 60.3 Å². The molecule has 5 rings (SSSR count). The highest BCUT2D eigenvalue weighted by molar-refractivity contribution is 6.00. The molecule has 2 atom stereocenters. The Labute approximate surface area is 211 Å². The summed E-state index contributed by atoms with van der Waals surface area (Å²) in [6.45, 7) is 1.06. The first kappa shape index (κ1) is 25.2. The Morgan fingerprint density at radius 3 is 2.51 bits per heavy atom. The van der Waals surface area contributed by atoms with Crippen molar-refractivity contribution >= 4 is 28.4 Å². The van der Waals surface area contributed by atoms with E-state index in [1.54, 1.807) is 47.3 Å². The van der Waals surface area contributed by atoms with Gasteiger partial charge in [-0.3, -0.25) is 14.3 Å². The number of benzene rings is 2. The lowest BCUT2D eigenvalue weighted by molar-refractivity contribution is -0.143. The van der Waals surface area contributed by atoms with E-state index in [0.717, 1.165) is 10.9 Å². The average molecular weight is 517 g/mol. The largest absolute Gasteiger partial charge is 0.345 e. The summed E-state index contributed by atoms with van der Waals surface area (Å²) in [7, 11) is 0. The van der Waals surface area contributed by atoms with Gasteiger partial charge in [0.25, 0.3) is 5.91 Å². The van der Waals surface area contributed by atoms with E-state index >= 15 is 0 Å². The number of halogens is 4. The van der Waals surface area contributed by atoms with Crippen molar-refractivity contribution < 1.29 is 27.2 Å². The van der Waals surface area contributed by atoms with Gasteiger partial charge in [0, 0.05) is 43.8 Å². The SMILES string of the molecule is CC(F)(F)C(=O)NC1CC(=O)N(c2ccc3c(cnn3CC3CCC(F)(F)CC3)c2)C1c1ccccc1. The van der Waals surface area contributed by atoms with E-state index in [-0.39, 0.29) is 31.1 Å². The third-order valence-corrected chi connectivity index (χ3v) is 7.35. The first-order valence-electron chi connectivity index (χ1n) is 12.4. The van der Waals surface area contributed by atoms with Gasteiger partial charge in [-0.15, -0.1) is 0 Å². The van der Waals surface area contributed by atoms with Crippen LogP contribution in [0.1, 0.15) is 50.6 Å². The summed E-state index contributed by atoms with van der Waals surface area (Å²) in [6.07, 6.45) is 2.21. The number of anilines is 1. The number of hydrogen-bond acceptors (Lipinski definition) is 3. The Kier molecular flexibility index (Phi) is 6.45. The molecule has 2 aromatic carbocycles. The van der Waals surface area contributed by atoms with Crippen molar-refractivity contribution in [2.45, 2.75) is 69.5 Å².